The fourth-order valence-electron chi connectivity index (χ4n) is 4.15. The molecule has 0 radical (unpaired) electrons. The van der Waals surface area contributed by atoms with E-state index in [0.717, 1.165) is 44.1 Å². The topological polar surface area (TPSA) is 117 Å². The molecule has 0 bridgehead atoms. The molecule has 2 aromatic heterocycles. The van der Waals surface area contributed by atoms with Crippen molar-refractivity contribution in [3.8, 4) is 0 Å². The second-order valence-corrected chi connectivity index (χ2v) is 9.92. The highest BCUT2D eigenvalue weighted by molar-refractivity contribution is 7.17. The first-order valence-electron chi connectivity index (χ1n) is 10.8. The van der Waals surface area contributed by atoms with E-state index >= 15 is 0 Å². The van der Waals surface area contributed by atoms with Crippen molar-refractivity contribution in [2.24, 2.45) is 17.8 Å². The Labute approximate surface area is 177 Å². The van der Waals surface area contributed by atoms with E-state index in [1.54, 1.807) is 11.3 Å². The van der Waals surface area contributed by atoms with Crippen molar-refractivity contribution in [2.75, 3.05) is 11.9 Å². The van der Waals surface area contributed by atoms with Crippen LogP contribution >= 0.6 is 11.3 Å². The van der Waals surface area contributed by atoms with Gasteiger partial charge >= 0.3 is 5.76 Å². The summed E-state index contributed by atoms with van der Waals surface area (Å²) in [6, 6.07) is 0. The molecule has 3 aliphatic rings. The molecule has 2 fully saturated rings. The molecule has 3 N–H and O–H groups in total. The van der Waals surface area contributed by atoms with Crippen molar-refractivity contribution in [1.29, 1.82) is 0 Å². The van der Waals surface area contributed by atoms with Crippen LogP contribution in [0, 0.1) is 17.8 Å². The predicted octanol–water partition coefficient (Wildman–Crippen LogP) is 2.65. The third kappa shape index (κ3) is 4.35. The molecule has 3 aliphatic carbocycles. The summed E-state index contributed by atoms with van der Waals surface area (Å²) in [5, 5.41) is 10.6. The molecule has 0 aliphatic heterocycles. The number of hydrogen-bond acceptors (Lipinski definition) is 6. The first kappa shape index (κ1) is 19.5. The molecule has 2 saturated carbocycles. The van der Waals surface area contributed by atoms with Gasteiger partial charge in [-0.05, 0) is 68.8 Å². The van der Waals surface area contributed by atoms with Gasteiger partial charge in [0.2, 0.25) is 5.91 Å². The highest BCUT2D eigenvalue weighted by Gasteiger charge is 2.34. The van der Waals surface area contributed by atoms with Crippen LogP contribution in [0.15, 0.2) is 9.32 Å². The van der Waals surface area contributed by atoms with Gasteiger partial charge in [-0.1, -0.05) is 5.16 Å². The average molecular weight is 431 g/mol. The maximum Gasteiger partial charge on any atom is 0.438 e. The first-order valence-corrected chi connectivity index (χ1v) is 11.7. The number of H-pyrrole nitrogens is 1. The molecule has 0 saturated heterocycles. The van der Waals surface area contributed by atoms with Gasteiger partial charge < -0.3 is 10.6 Å². The molecule has 0 aromatic carbocycles. The molecule has 1 unspecified atom stereocenters. The van der Waals surface area contributed by atoms with Gasteiger partial charge in [0.25, 0.3) is 5.91 Å². The number of nitrogens with one attached hydrogen (secondary N) is 3. The number of aryl methyl sites for hydroxylation is 2. The van der Waals surface area contributed by atoms with Crippen molar-refractivity contribution in [1.82, 2.24) is 15.5 Å². The van der Waals surface area contributed by atoms with E-state index in [-0.39, 0.29) is 17.7 Å². The maximum atomic E-state index is 13.1. The summed E-state index contributed by atoms with van der Waals surface area (Å²) in [6.07, 6.45) is 8.48. The quantitative estimate of drug-likeness (QED) is 0.595. The van der Waals surface area contributed by atoms with Crippen LogP contribution in [-0.2, 0) is 24.1 Å². The van der Waals surface area contributed by atoms with Gasteiger partial charge in [0, 0.05) is 23.8 Å². The number of thiophene rings is 1. The number of fused-ring (bicyclic) bond motifs is 1. The number of anilines is 1. The van der Waals surface area contributed by atoms with Gasteiger partial charge in [-0.3, -0.25) is 19.1 Å². The Kier molecular flexibility index (Phi) is 5.22. The number of hydrogen-bond donors (Lipinski definition) is 3. The van der Waals surface area contributed by atoms with E-state index in [2.05, 4.69) is 25.3 Å². The number of aromatic amines is 1. The molecule has 2 aromatic rings. The van der Waals surface area contributed by atoms with Crippen LogP contribution in [0.2, 0.25) is 0 Å². The van der Waals surface area contributed by atoms with Crippen LogP contribution in [0.5, 0.6) is 0 Å². The van der Waals surface area contributed by atoms with E-state index in [9.17, 15) is 14.4 Å². The van der Waals surface area contributed by atoms with Gasteiger partial charge in [-0.25, -0.2) is 4.79 Å². The zero-order valence-corrected chi connectivity index (χ0v) is 17.6. The molecule has 160 valence electrons. The SMILES string of the molecule is O=C(NCC1CC1)c1c(NC(=O)C2CC2)sc2c1CC(CCc1noc(=O)[nH]1)CC2. The van der Waals surface area contributed by atoms with Gasteiger partial charge in [-0.15, -0.1) is 11.3 Å². The molecular weight excluding hydrogens is 404 g/mol. The van der Waals surface area contributed by atoms with Crippen molar-refractivity contribution >= 4 is 28.2 Å². The highest BCUT2D eigenvalue weighted by Crippen LogP contribution is 2.42. The fourth-order valence-corrected chi connectivity index (χ4v) is 5.39. The van der Waals surface area contributed by atoms with Gasteiger partial charge in [0.1, 0.15) is 5.00 Å². The Morgan fingerprint density at radius 3 is 2.70 bits per heavy atom. The van der Waals surface area contributed by atoms with Crippen LogP contribution in [0.1, 0.15) is 65.1 Å². The molecule has 8 nitrogen and oxygen atoms in total. The highest BCUT2D eigenvalue weighted by atomic mass is 32.1. The summed E-state index contributed by atoms with van der Waals surface area (Å²) < 4.78 is 4.57. The molecule has 2 heterocycles. The summed E-state index contributed by atoms with van der Waals surface area (Å²) in [7, 11) is 0. The number of rotatable bonds is 8. The van der Waals surface area contributed by atoms with Crippen LogP contribution < -0.4 is 16.4 Å². The van der Waals surface area contributed by atoms with Crippen LogP contribution in [0.25, 0.3) is 0 Å². The predicted molar refractivity (Wildman–Crippen MR) is 112 cm³/mol. The van der Waals surface area contributed by atoms with Crippen molar-refractivity contribution in [2.45, 2.75) is 57.8 Å². The van der Waals surface area contributed by atoms with Crippen LogP contribution in [0.3, 0.4) is 0 Å². The largest absolute Gasteiger partial charge is 0.438 e. The molecule has 9 heteroatoms. The number of carbonyl (C=O) groups excluding carboxylic acids is 2. The first-order chi connectivity index (χ1) is 14.6. The Morgan fingerprint density at radius 1 is 1.17 bits per heavy atom. The van der Waals surface area contributed by atoms with Crippen molar-refractivity contribution in [3.63, 3.8) is 0 Å². The van der Waals surface area contributed by atoms with E-state index < -0.39 is 5.76 Å². The standard InChI is InChI=1S/C21H26N4O4S/c26-18(13-5-6-13)24-20-17(19(27)22-10-12-1-2-12)14-9-11(3-7-15(14)30-20)4-8-16-23-21(28)29-25-16/h11-13H,1-10H2,(H,22,27)(H,24,26)(H,23,25,28). The second kappa shape index (κ2) is 8.02. The lowest BCUT2D eigenvalue weighted by Gasteiger charge is -2.22. The smallest absolute Gasteiger partial charge is 0.352 e. The van der Waals surface area contributed by atoms with Crippen LogP contribution in [-0.4, -0.2) is 28.5 Å². The Bertz CT molecular complexity index is 1010. The molecule has 30 heavy (non-hydrogen) atoms. The van der Waals surface area contributed by atoms with E-state index in [1.165, 1.54) is 17.7 Å². The third-order valence-corrected chi connectivity index (χ3v) is 7.51. The lowest BCUT2D eigenvalue weighted by atomic mass is 9.83. The van der Waals surface area contributed by atoms with Gasteiger partial charge in [-0.2, -0.15) is 0 Å². The van der Waals surface area contributed by atoms with E-state index in [0.29, 0.717) is 41.2 Å². The molecule has 1 atom stereocenters. The van der Waals surface area contributed by atoms with E-state index in [1.807, 2.05) is 0 Å². The number of carbonyl (C=O) groups is 2. The molecule has 0 spiro atoms. The number of aromatic nitrogens is 2. The Balaban J connectivity index is 1.33. The van der Waals surface area contributed by atoms with Gasteiger partial charge in [0.15, 0.2) is 5.82 Å². The third-order valence-electron chi connectivity index (χ3n) is 6.30. The average Bonchev–Trinajstić information content (AvgIpc) is 3.65. The van der Waals surface area contributed by atoms with Crippen molar-refractivity contribution < 1.29 is 14.1 Å². The summed E-state index contributed by atoms with van der Waals surface area (Å²) in [4.78, 5) is 40.4. The summed E-state index contributed by atoms with van der Waals surface area (Å²) >= 11 is 1.57. The minimum absolute atomic E-state index is 0.0383. The lowest BCUT2D eigenvalue weighted by molar-refractivity contribution is -0.117. The number of nitrogens with zero attached hydrogens (tertiary/aromatic N) is 1. The monoisotopic (exact) mass is 430 g/mol. The van der Waals surface area contributed by atoms with Crippen LogP contribution in [0.4, 0.5) is 5.00 Å². The Morgan fingerprint density at radius 2 is 2.00 bits per heavy atom. The Hall–Kier alpha value is -2.42. The summed E-state index contributed by atoms with van der Waals surface area (Å²) in [5.41, 5.74) is 1.76. The number of amides is 2. The van der Waals surface area contributed by atoms with Crippen molar-refractivity contribution in [3.05, 3.63) is 32.4 Å². The lowest BCUT2D eigenvalue weighted by Crippen LogP contribution is -2.28. The molecular formula is C21H26N4O4S. The van der Waals surface area contributed by atoms with Gasteiger partial charge in [0.05, 0.1) is 5.56 Å². The zero-order valence-electron chi connectivity index (χ0n) is 16.8. The summed E-state index contributed by atoms with van der Waals surface area (Å²) in [6.45, 7) is 0.711. The maximum absolute atomic E-state index is 13.1. The zero-order chi connectivity index (χ0) is 20.7. The fraction of sp³-hybridized carbons (Fsp3) is 0.619. The molecule has 5 rings (SSSR count). The molecule has 2 amide bonds. The normalized spacial score (nSPS) is 20.6. The van der Waals surface area contributed by atoms with E-state index in [4.69, 9.17) is 0 Å². The second-order valence-electron chi connectivity index (χ2n) is 8.81. The minimum atomic E-state index is -0.528. The summed E-state index contributed by atoms with van der Waals surface area (Å²) in [5.74, 6) is 1.11. The minimum Gasteiger partial charge on any atom is -0.352 e.